The van der Waals surface area contributed by atoms with Crippen LogP contribution >= 0.6 is 12.2 Å². The Kier molecular flexibility index (Phi) is 4.90. The molecule has 0 saturated carbocycles. The zero-order valence-electron chi connectivity index (χ0n) is 14.9. The smallest absolute Gasteiger partial charge is 0.413 e. The molecule has 2 aromatic rings. The highest BCUT2D eigenvalue weighted by Gasteiger charge is 2.24. The van der Waals surface area contributed by atoms with Gasteiger partial charge in [-0.3, -0.25) is 5.32 Å². The number of rotatable bonds is 3. The summed E-state index contributed by atoms with van der Waals surface area (Å²) in [7, 11) is 0. The number of carbonyl (C=O) groups excluding carboxylic acids is 1. The normalized spacial score (nSPS) is 17.2. The first-order valence-corrected chi connectivity index (χ1v) is 8.65. The van der Waals surface area contributed by atoms with Gasteiger partial charge in [-0.1, -0.05) is 0 Å². The quantitative estimate of drug-likeness (QED) is 0.626. The van der Waals surface area contributed by atoms with E-state index in [2.05, 4.69) is 42.7 Å². The number of carbonyl (C=O) groups is 1. The van der Waals surface area contributed by atoms with Crippen molar-refractivity contribution < 1.29 is 9.53 Å². The molecule has 1 amide bonds. The van der Waals surface area contributed by atoms with E-state index in [9.17, 15) is 4.79 Å². The first-order valence-electron chi connectivity index (χ1n) is 8.24. The Hall–Kier alpha value is -2.55. The van der Waals surface area contributed by atoms with Crippen LogP contribution in [0.2, 0.25) is 0 Å². The molecule has 10 heteroatoms. The maximum absolute atomic E-state index is 12.2. The number of nitrogens with two attached hydrogens (primary N) is 1. The molecule has 0 unspecified atom stereocenters. The van der Waals surface area contributed by atoms with E-state index in [1.54, 1.807) is 26.8 Å². The van der Waals surface area contributed by atoms with Crippen molar-refractivity contribution in [1.29, 1.82) is 0 Å². The van der Waals surface area contributed by atoms with E-state index < -0.39 is 11.7 Å². The molecular formula is C16H21N7O2S. The number of isothiocyanates is 1. The molecule has 2 aromatic heterocycles. The van der Waals surface area contributed by atoms with E-state index in [1.165, 1.54) is 10.7 Å². The summed E-state index contributed by atoms with van der Waals surface area (Å²) in [6.45, 7) is 6.87. The molecule has 3 N–H and O–H groups in total. The molecule has 138 valence electrons. The van der Waals surface area contributed by atoms with Crippen LogP contribution in [0.4, 0.5) is 22.1 Å². The topological polar surface area (TPSA) is 110 Å². The minimum atomic E-state index is -0.613. The van der Waals surface area contributed by atoms with Crippen LogP contribution in [0.3, 0.4) is 0 Å². The summed E-state index contributed by atoms with van der Waals surface area (Å²) in [4.78, 5) is 22.9. The SMILES string of the molecule is CC(C)(C)OC(=O)Nc1cc(N2CC[C@H](N)C2)nc2c(N=C=S)cnn12. The highest BCUT2D eigenvalue weighted by atomic mass is 32.1. The van der Waals surface area contributed by atoms with Gasteiger partial charge in [0.25, 0.3) is 0 Å². The molecule has 26 heavy (non-hydrogen) atoms. The zero-order valence-corrected chi connectivity index (χ0v) is 15.7. The molecule has 0 spiro atoms. The summed E-state index contributed by atoms with van der Waals surface area (Å²) in [6.07, 6.45) is 1.82. The summed E-state index contributed by atoms with van der Waals surface area (Å²) in [5, 5.41) is 9.27. The van der Waals surface area contributed by atoms with Crippen LogP contribution in [0.25, 0.3) is 5.65 Å². The van der Waals surface area contributed by atoms with E-state index in [0.29, 0.717) is 29.5 Å². The summed E-state index contributed by atoms with van der Waals surface area (Å²) in [6, 6.07) is 1.84. The fourth-order valence-electron chi connectivity index (χ4n) is 2.72. The van der Waals surface area contributed by atoms with Crippen molar-refractivity contribution in [2.45, 2.75) is 38.8 Å². The molecule has 1 aliphatic rings. The second-order valence-corrected chi connectivity index (χ2v) is 7.27. The van der Waals surface area contributed by atoms with Crippen LogP contribution in [-0.4, -0.2) is 50.6 Å². The lowest BCUT2D eigenvalue weighted by atomic mass is 10.2. The van der Waals surface area contributed by atoms with E-state index in [-0.39, 0.29) is 6.04 Å². The van der Waals surface area contributed by atoms with Crippen molar-refractivity contribution >= 4 is 46.4 Å². The lowest BCUT2D eigenvalue weighted by Gasteiger charge is -2.21. The molecule has 0 aliphatic carbocycles. The van der Waals surface area contributed by atoms with Crippen LogP contribution in [0.15, 0.2) is 17.3 Å². The Morgan fingerprint density at radius 3 is 2.92 bits per heavy atom. The minimum Gasteiger partial charge on any atom is -0.444 e. The Morgan fingerprint density at radius 1 is 1.54 bits per heavy atom. The van der Waals surface area contributed by atoms with Crippen LogP contribution in [0, 0.1) is 0 Å². The number of fused-ring (bicyclic) bond motifs is 1. The van der Waals surface area contributed by atoms with Crippen molar-refractivity contribution in [1.82, 2.24) is 14.6 Å². The summed E-state index contributed by atoms with van der Waals surface area (Å²) in [5.74, 6) is 1.10. The molecule has 0 bridgehead atoms. The zero-order chi connectivity index (χ0) is 18.9. The fraction of sp³-hybridized carbons (Fsp3) is 0.500. The molecule has 1 saturated heterocycles. The van der Waals surface area contributed by atoms with Crippen LogP contribution in [0.1, 0.15) is 27.2 Å². The van der Waals surface area contributed by atoms with Gasteiger partial charge in [-0.25, -0.2) is 9.78 Å². The average molecular weight is 375 g/mol. The summed E-state index contributed by atoms with van der Waals surface area (Å²) >= 11 is 4.68. The first kappa shape index (κ1) is 18.2. The van der Waals surface area contributed by atoms with Crippen LogP contribution < -0.4 is 16.0 Å². The predicted molar refractivity (Wildman–Crippen MR) is 102 cm³/mol. The minimum absolute atomic E-state index is 0.0960. The van der Waals surface area contributed by atoms with Crippen molar-refractivity contribution in [3.8, 4) is 0 Å². The van der Waals surface area contributed by atoms with Gasteiger partial charge in [0.15, 0.2) is 5.65 Å². The van der Waals surface area contributed by atoms with Gasteiger partial charge in [0, 0.05) is 25.2 Å². The predicted octanol–water partition coefficient (Wildman–Crippen LogP) is 2.35. The van der Waals surface area contributed by atoms with Gasteiger partial charge in [-0.2, -0.15) is 14.6 Å². The fourth-order valence-corrected chi connectivity index (χ4v) is 2.82. The molecular weight excluding hydrogens is 354 g/mol. The lowest BCUT2D eigenvalue weighted by Crippen LogP contribution is -2.29. The Morgan fingerprint density at radius 2 is 2.31 bits per heavy atom. The van der Waals surface area contributed by atoms with Gasteiger partial charge in [0.2, 0.25) is 0 Å². The van der Waals surface area contributed by atoms with Gasteiger partial charge in [0.05, 0.1) is 11.4 Å². The Labute approximate surface area is 156 Å². The third-order valence-corrected chi connectivity index (χ3v) is 3.87. The number of nitrogens with zero attached hydrogens (tertiary/aromatic N) is 5. The standard InChI is InChI=1S/C16H21N7O2S/c1-16(2,3)25-15(24)21-13-6-12(22-5-4-10(17)8-22)20-14-11(18-9-26)7-19-23(13)14/h6-7,10H,4-5,8,17H2,1-3H3,(H,21,24)/t10-/m0/s1. The number of nitrogens with one attached hydrogen (secondary N) is 1. The largest absolute Gasteiger partial charge is 0.444 e. The van der Waals surface area contributed by atoms with Crippen LogP contribution in [-0.2, 0) is 4.74 Å². The van der Waals surface area contributed by atoms with Crippen molar-refractivity contribution in [3.63, 3.8) is 0 Å². The van der Waals surface area contributed by atoms with Gasteiger partial charge < -0.3 is 15.4 Å². The monoisotopic (exact) mass is 375 g/mol. The van der Waals surface area contributed by atoms with Gasteiger partial charge in [0.1, 0.15) is 22.9 Å². The van der Waals surface area contributed by atoms with Crippen molar-refractivity contribution in [2.75, 3.05) is 23.3 Å². The second kappa shape index (κ2) is 6.99. The van der Waals surface area contributed by atoms with Crippen LogP contribution in [0.5, 0.6) is 0 Å². The molecule has 1 atom stereocenters. The maximum Gasteiger partial charge on any atom is 0.413 e. The van der Waals surface area contributed by atoms with E-state index in [4.69, 9.17) is 10.5 Å². The third-order valence-electron chi connectivity index (χ3n) is 3.78. The molecule has 0 aromatic carbocycles. The molecule has 0 radical (unpaired) electrons. The lowest BCUT2D eigenvalue weighted by molar-refractivity contribution is 0.0635. The maximum atomic E-state index is 12.2. The summed E-state index contributed by atoms with van der Waals surface area (Å²) < 4.78 is 6.81. The molecule has 1 aliphatic heterocycles. The number of anilines is 2. The van der Waals surface area contributed by atoms with E-state index in [1.807, 2.05) is 0 Å². The Bertz CT molecular complexity index is 883. The molecule has 9 nitrogen and oxygen atoms in total. The second-order valence-electron chi connectivity index (χ2n) is 7.09. The Balaban J connectivity index is 2.02. The highest BCUT2D eigenvalue weighted by molar-refractivity contribution is 7.78. The average Bonchev–Trinajstić information content (AvgIpc) is 3.13. The number of aliphatic imine (C=N–C) groups is 1. The summed E-state index contributed by atoms with van der Waals surface area (Å²) in [5.41, 5.74) is 6.32. The molecule has 3 rings (SSSR count). The number of hydrogen-bond donors (Lipinski definition) is 2. The number of hydrogen-bond acceptors (Lipinski definition) is 8. The molecule has 3 heterocycles. The van der Waals surface area contributed by atoms with Gasteiger partial charge in [-0.15, -0.1) is 0 Å². The number of amides is 1. The van der Waals surface area contributed by atoms with Gasteiger partial charge >= 0.3 is 6.09 Å². The number of aromatic nitrogens is 3. The number of ether oxygens (including phenoxy) is 1. The van der Waals surface area contributed by atoms with E-state index >= 15 is 0 Å². The third kappa shape index (κ3) is 3.98. The van der Waals surface area contributed by atoms with E-state index in [0.717, 1.165) is 13.0 Å². The number of thiocarbonyl (C=S) groups is 1. The van der Waals surface area contributed by atoms with Crippen molar-refractivity contribution in [3.05, 3.63) is 12.3 Å². The molecule has 1 fully saturated rings. The highest BCUT2D eigenvalue weighted by Crippen LogP contribution is 2.27. The first-order chi connectivity index (χ1) is 12.3. The van der Waals surface area contributed by atoms with Gasteiger partial charge in [-0.05, 0) is 39.4 Å². The van der Waals surface area contributed by atoms with Crippen molar-refractivity contribution in [2.24, 2.45) is 10.7 Å².